The molecule has 0 aromatic carbocycles. The van der Waals surface area contributed by atoms with E-state index >= 15 is 0 Å². The Bertz CT molecular complexity index is 187. The van der Waals surface area contributed by atoms with Crippen LogP contribution in [0.2, 0.25) is 0 Å². The lowest BCUT2D eigenvalue weighted by atomic mass is 10.0. The van der Waals surface area contributed by atoms with Crippen molar-refractivity contribution in [1.29, 1.82) is 0 Å². The molecule has 0 saturated heterocycles. The second kappa shape index (κ2) is 2.95. The molecular formula is C8H14N2O. The lowest BCUT2D eigenvalue weighted by Gasteiger charge is -2.31. The van der Waals surface area contributed by atoms with Crippen LogP contribution in [0.15, 0.2) is 12.4 Å². The van der Waals surface area contributed by atoms with Crippen LogP contribution >= 0.6 is 0 Å². The number of amides is 1. The fourth-order valence-corrected chi connectivity index (χ4v) is 1.37. The highest BCUT2D eigenvalue weighted by molar-refractivity contribution is 5.83. The van der Waals surface area contributed by atoms with Gasteiger partial charge in [-0.15, -0.1) is 0 Å². The smallest absolute Gasteiger partial charge is 0.246 e. The molecule has 1 amide bonds. The van der Waals surface area contributed by atoms with Crippen molar-refractivity contribution < 1.29 is 4.79 Å². The summed E-state index contributed by atoms with van der Waals surface area (Å²) < 4.78 is 0. The highest BCUT2D eigenvalue weighted by Crippen LogP contribution is 2.11. The van der Waals surface area contributed by atoms with E-state index in [1.807, 2.05) is 32.0 Å². The molecule has 62 valence electrons. The van der Waals surface area contributed by atoms with Crippen LogP contribution in [-0.2, 0) is 4.79 Å². The van der Waals surface area contributed by atoms with Crippen LogP contribution in [0.5, 0.6) is 0 Å². The van der Waals surface area contributed by atoms with E-state index in [9.17, 15) is 4.79 Å². The van der Waals surface area contributed by atoms with Gasteiger partial charge >= 0.3 is 0 Å². The van der Waals surface area contributed by atoms with Crippen LogP contribution in [0.3, 0.4) is 0 Å². The number of carbonyl (C=O) groups excluding carboxylic acids is 1. The topological polar surface area (TPSA) is 32.3 Å². The van der Waals surface area contributed by atoms with Crippen LogP contribution in [0, 0.1) is 5.92 Å². The van der Waals surface area contributed by atoms with E-state index in [2.05, 4.69) is 5.32 Å². The highest BCUT2D eigenvalue weighted by atomic mass is 16.2. The summed E-state index contributed by atoms with van der Waals surface area (Å²) in [4.78, 5) is 13.2. The third kappa shape index (κ3) is 1.53. The average Bonchev–Trinajstić information content (AvgIpc) is 1.85. The average molecular weight is 154 g/mol. The first-order valence-electron chi connectivity index (χ1n) is 3.82. The van der Waals surface area contributed by atoms with E-state index in [-0.39, 0.29) is 11.9 Å². The van der Waals surface area contributed by atoms with Gasteiger partial charge < -0.3 is 10.2 Å². The molecule has 1 N–H and O–H groups in total. The molecule has 1 heterocycles. The van der Waals surface area contributed by atoms with Crippen LogP contribution < -0.4 is 5.32 Å². The summed E-state index contributed by atoms with van der Waals surface area (Å²) >= 11 is 0. The van der Waals surface area contributed by atoms with Gasteiger partial charge in [-0.05, 0) is 5.92 Å². The van der Waals surface area contributed by atoms with Gasteiger partial charge in [-0.1, -0.05) is 13.8 Å². The van der Waals surface area contributed by atoms with Gasteiger partial charge in [-0.2, -0.15) is 0 Å². The van der Waals surface area contributed by atoms with Crippen molar-refractivity contribution in [3.05, 3.63) is 12.4 Å². The SMILES string of the molecule is CC(C)C1C(=O)NC=CN1C. The van der Waals surface area contributed by atoms with Gasteiger partial charge in [-0.25, -0.2) is 0 Å². The van der Waals surface area contributed by atoms with Gasteiger partial charge in [0.05, 0.1) is 0 Å². The molecule has 0 aromatic heterocycles. The Morgan fingerprint density at radius 1 is 1.64 bits per heavy atom. The Morgan fingerprint density at radius 3 is 2.64 bits per heavy atom. The third-order valence-corrected chi connectivity index (χ3v) is 1.87. The quantitative estimate of drug-likeness (QED) is 0.598. The van der Waals surface area contributed by atoms with Crippen molar-refractivity contribution in [2.45, 2.75) is 19.9 Å². The molecule has 1 rings (SSSR count). The monoisotopic (exact) mass is 154 g/mol. The van der Waals surface area contributed by atoms with Gasteiger partial charge in [-0.3, -0.25) is 4.79 Å². The summed E-state index contributed by atoms with van der Waals surface area (Å²) in [5, 5.41) is 2.68. The zero-order valence-corrected chi connectivity index (χ0v) is 7.16. The molecular weight excluding hydrogens is 140 g/mol. The number of carbonyl (C=O) groups is 1. The molecule has 1 aliphatic heterocycles. The van der Waals surface area contributed by atoms with E-state index in [1.165, 1.54) is 0 Å². The predicted octanol–water partition coefficient (Wildman–Crippen LogP) is 0.544. The lowest BCUT2D eigenvalue weighted by molar-refractivity contribution is -0.126. The van der Waals surface area contributed by atoms with Crippen LogP contribution in [0.4, 0.5) is 0 Å². The second-order valence-electron chi connectivity index (χ2n) is 3.18. The largest absolute Gasteiger partial charge is 0.367 e. The molecule has 1 unspecified atom stereocenters. The van der Waals surface area contributed by atoms with Gasteiger partial charge in [0, 0.05) is 19.4 Å². The minimum Gasteiger partial charge on any atom is -0.367 e. The van der Waals surface area contributed by atoms with Crippen molar-refractivity contribution in [3.63, 3.8) is 0 Å². The molecule has 0 bridgehead atoms. The lowest BCUT2D eigenvalue weighted by Crippen LogP contribution is -2.47. The molecule has 0 aromatic rings. The Labute approximate surface area is 67.1 Å². The molecule has 3 nitrogen and oxygen atoms in total. The Hall–Kier alpha value is -0.990. The first-order chi connectivity index (χ1) is 5.13. The van der Waals surface area contributed by atoms with Crippen molar-refractivity contribution in [1.82, 2.24) is 10.2 Å². The summed E-state index contributed by atoms with van der Waals surface area (Å²) in [6.45, 7) is 4.08. The molecule has 0 aliphatic carbocycles. The molecule has 3 heteroatoms. The third-order valence-electron chi connectivity index (χ3n) is 1.87. The fraction of sp³-hybridized carbons (Fsp3) is 0.625. The number of hydrogen-bond acceptors (Lipinski definition) is 2. The van der Waals surface area contributed by atoms with Crippen LogP contribution in [0.25, 0.3) is 0 Å². The Morgan fingerprint density at radius 2 is 2.27 bits per heavy atom. The molecule has 1 aliphatic rings. The van der Waals surface area contributed by atoms with Crippen LogP contribution in [-0.4, -0.2) is 23.9 Å². The molecule has 11 heavy (non-hydrogen) atoms. The molecule has 0 radical (unpaired) electrons. The zero-order valence-electron chi connectivity index (χ0n) is 7.16. The summed E-state index contributed by atoms with van der Waals surface area (Å²) in [7, 11) is 1.92. The van der Waals surface area contributed by atoms with Crippen molar-refractivity contribution in [3.8, 4) is 0 Å². The number of likely N-dealkylation sites (N-methyl/N-ethyl adjacent to an activating group) is 1. The van der Waals surface area contributed by atoms with Crippen molar-refractivity contribution in [2.24, 2.45) is 5.92 Å². The normalized spacial score (nSPS) is 24.2. The van der Waals surface area contributed by atoms with Gasteiger partial charge in [0.25, 0.3) is 0 Å². The highest BCUT2D eigenvalue weighted by Gasteiger charge is 2.26. The number of hydrogen-bond donors (Lipinski definition) is 1. The predicted molar refractivity (Wildman–Crippen MR) is 43.7 cm³/mol. The fourth-order valence-electron chi connectivity index (χ4n) is 1.37. The molecule has 1 atom stereocenters. The van der Waals surface area contributed by atoms with Crippen molar-refractivity contribution in [2.75, 3.05) is 7.05 Å². The standard InChI is InChI=1S/C8H14N2O/c1-6(2)7-8(11)9-4-5-10(7)3/h4-7H,1-3H3,(H,9,11). The first kappa shape index (κ1) is 8.11. The van der Waals surface area contributed by atoms with E-state index in [1.54, 1.807) is 6.20 Å². The van der Waals surface area contributed by atoms with E-state index < -0.39 is 0 Å². The van der Waals surface area contributed by atoms with Gasteiger partial charge in [0.2, 0.25) is 5.91 Å². The van der Waals surface area contributed by atoms with Gasteiger partial charge in [0.15, 0.2) is 0 Å². The zero-order chi connectivity index (χ0) is 8.43. The maximum Gasteiger partial charge on any atom is 0.246 e. The number of rotatable bonds is 1. The number of nitrogens with zero attached hydrogens (tertiary/aromatic N) is 1. The summed E-state index contributed by atoms with van der Waals surface area (Å²) in [5.74, 6) is 0.440. The summed E-state index contributed by atoms with van der Waals surface area (Å²) in [6, 6.07) is -0.0139. The number of nitrogens with one attached hydrogen (secondary N) is 1. The minimum absolute atomic E-state index is 0.0139. The minimum atomic E-state index is -0.0139. The maximum atomic E-state index is 11.2. The molecule has 0 fully saturated rings. The molecule has 0 spiro atoms. The van der Waals surface area contributed by atoms with Gasteiger partial charge in [0.1, 0.15) is 6.04 Å². The Kier molecular flexibility index (Phi) is 2.17. The van der Waals surface area contributed by atoms with Crippen molar-refractivity contribution >= 4 is 5.91 Å². The maximum absolute atomic E-state index is 11.2. The summed E-state index contributed by atoms with van der Waals surface area (Å²) in [5.41, 5.74) is 0. The van der Waals surface area contributed by atoms with E-state index in [4.69, 9.17) is 0 Å². The summed E-state index contributed by atoms with van der Waals surface area (Å²) in [6.07, 6.45) is 3.55. The van der Waals surface area contributed by atoms with Crippen LogP contribution in [0.1, 0.15) is 13.8 Å². The van der Waals surface area contributed by atoms with E-state index in [0.717, 1.165) is 0 Å². The molecule has 0 saturated carbocycles. The Balaban J connectivity index is 2.75. The second-order valence-corrected chi connectivity index (χ2v) is 3.18. The first-order valence-corrected chi connectivity index (χ1v) is 3.82. The van der Waals surface area contributed by atoms with E-state index in [0.29, 0.717) is 5.92 Å².